The molecule has 9 heteroatoms. The van der Waals surface area contributed by atoms with E-state index >= 15 is 0 Å². The lowest BCUT2D eigenvalue weighted by Crippen LogP contribution is -2.40. The molecule has 0 bridgehead atoms. The van der Waals surface area contributed by atoms with Gasteiger partial charge in [0.15, 0.2) is 0 Å². The third-order valence-corrected chi connectivity index (χ3v) is 7.85. The van der Waals surface area contributed by atoms with Crippen molar-refractivity contribution in [1.82, 2.24) is 13.4 Å². The number of carboxylic acid groups (broad SMARTS) is 1. The Labute approximate surface area is 184 Å². The number of carbonyl (C=O) groups is 1. The van der Waals surface area contributed by atoms with Gasteiger partial charge in [0.2, 0.25) is 0 Å². The molecule has 0 saturated carbocycles. The summed E-state index contributed by atoms with van der Waals surface area (Å²) in [6.07, 6.45) is -0.111. The number of para-hydroxylation sites is 2. The highest BCUT2D eigenvalue weighted by atomic mass is 32.2. The van der Waals surface area contributed by atoms with Gasteiger partial charge in [0.25, 0.3) is 10.0 Å². The Morgan fingerprint density at radius 3 is 2.22 bits per heavy atom. The second-order valence-electron chi connectivity index (χ2n) is 7.89. The van der Waals surface area contributed by atoms with Crippen LogP contribution >= 0.6 is 0 Å². The van der Waals surface area contributed by atoms with Crippen molar-refractivity contribution in [2.24, 2.45) is 0 Å². The Hall–Kier alpha value is -3.59. The van der Waals surface area contributed by atoms with Crippen molar-refractivity contribution >= 4 is 37.9 Å². The Morgan fingerprint density at radius 2 is 1.50 bits per heavy atom. The van der Waals surface area contributed by atoms with Crippen LogP contribution in [0.3, 0.4) is 0 Å². The lowest BCUT2D eigenvalue weighted by atomic mass is 10.1. The molecule has 1 aliphatic heterocycles. The van der Waals surface area contributed by atoms with Crippen LogP contribution in [0.5, 0.6) is 0 Å². The summed E-state index contributed by atoms with van der Waals surface area (Å²) in [6.45, 7) is 0.587. The van der Waals surface area contributed by atoms with Crippen molar-refractivity contribution in [3.63, 3.8) is 0 Å². The fourth-order valence-electron chi connectivity index (χ4n) is 4.56. The highest BCUT2D eigenvalue weighted by Crippen LogP contribution is 2.29. The van der Waals surface area contributed by atoms with Crippen molar-refractivity contribution in [1.29, 1.82) is 0 Å². The monoisotopic (exact) mass is 451 g/mol. The molecule has 32 heavy (non-hydrogen) atoms. The third-order valence-electron chi connectivity index (χ3n) is 6.11. The minimum Gasteiger partial charge on any atom is -0.465 e. The van der Waals surface area contributed by atoms with E-state index in [1.807, 2.05) is 18.2 Å². The van der Waals surface area contributed by atoms with Crippen molar-refractivity contribution in [2.45, 2.75) is 23.8 Å². The van der Waals surface area contributed by atoms with Crippen LogP contribution in [0.15, 0.2) is 76.4 Å². The van der Waals surface area contributed by atoms with Crippen molar-refractivity contribution in [3.8, 4) is 0 Å². The molecule has 1 aromatic heterocycles. The van der Waals surface area contributed by atoms with E-state index in [9.17, 15) is 23.1 Å². The average molecular weight is 452 g/mol. The standard InChI is InChI=1S/C23H21N3O5S/c27-22-25(17-12-14-24(15-13-17)23(28)29)19-9-3-4-10-20(19)26(22)32(30,31)21-11-5-7-16-6-1-2-8-18(16)21/h1-11,17H,12-15H2,(H,28,29). The van der Waals surface area contributed by atoms with E-state index < -0.39 is 21.8 Å². The van der Waals surface area contributed by atoms with Gasteiger partial charge in [-0.2, -0.15) is 3.97 Å². The predicted octanol–water partition coefficient (Wildman–Crippen LogP) is 3.51. The van der Waals surface area contributed by atoms with Crippen molar-refractivity contribution in [2.75, 3.05) is 13.1 Å². The molecule has 0 atom stereocenters. The Balaban J connectivity index is 1.70. The lowest BCUT2D eigenvalue weighted by molar-refractivity contribution is 0.125. The van der Waals surface area contributed by atoms with Gasteiger partial charge < -0.3 is 10.0 Å². The summed E-state index contributed by atoms with van der Waals surface area (Å²) in [4.78, 5) is 26.2. The second-order valence-corrected chi connectivity index (χ2v) is 9.64. The third kappa shape index (κ3) is 3.08. The van der Waals surface area contributed by atoms with Gasteiger partial charge >= 0.3 is 11.8 Å². The van der Waals surface area contributed by atoms with Gasteiger partial charge in [0.05, 0.1) is 15.9 Å². The summed E-state index contributed by atoms with van der Waals surface area (Å²) in [5.41, 5.74) is 0.203. The Bertz CT molecular complexity index is 1510. The van der Waals surface area contributed by atoms with Gasteiger partial charge in [-0.3, -0.25) is 4.57 Å². The lowest BCUT2D eigenvalue weighted by Gasteiger charge is -2.30. The zero-order valence-electron chi connectivity index (χ0n) is 17.1. The number of benzene rings is 3. The first-order valence-corrected chi connectivity index (χ1v) is 11.8. The number of likely N-dealkylation sites (tertiary alicyclic amines) is 1. The number of fused-ring (bicyclic) bond motifs is 2. The maximum atomic E-state index is 13.8. The first-order chi connectivity index (χ1) is 15.4. The summed E-state index contributed by atoms with van der Waals surface area (Å²) in [7, 11) is -4.19. The van der Waals surface area contributed by atoms with Gasteiger partial charge in [-0.25, -0.2) is 18.0 Å². The van der Waals surface area contributed by atoms with Crippen LogP contribution in [-0.2, 0) is 10.0 Å². The summed E-state index contributed by atoms with van der Waals surface area (Å²) >= 11 is 0. The fraction of sp³-hybridized carbons (Fsp3) is 0.217. The molecule has 4 aromatic rings. The highest BCUT2D eigenvalue weighted by molar-refractivity contribution is 7.90. The second kappa shape index (κ2) is 7.52. The fourth-order valence-corrected chi connectivity index (χ4v) is 6.18. The van der Waals surface area contributed by atoms with Crippen molar-refractivity contribution < 1.29 is 18.3 Å². The van der Waals surface area contributed by atoms with Crippen LogP contribution in [0, 0.1) is 0 Å². The van der Waals surface area contributed by atoms with Crippen LogP contribution < -0.4 is 5.69 Å². The number of aromatic nitrogens is 2. The molecule has 5 rings (SSSR count). The summed E-state index contributed by atoms with van der Waals surface area (Å²) in [6, 6.07) is 18.7. The summed E-state index contributed by atoms with van der Waals surface area (Å²) in [5.74, 6) is 0. The van der Waals surface area contributed by atoms with E-state index in [1.165, 1.54) is 15.5 Å². The molecule has 2 heterocycles. The molecule has 1 fully saturated rings. The van der Waals surface area contributed by atoms with Crippen LogP contribution in [-0.4, -0.2) is 46.1 Å². The SMILES string of the molecule is O=C(O)N1CCC(n2c(=O)n(S(=O)(=O)c3cccc4ccccc34)c3ccccc32)CC1. The average Bonchev–Trinajstić information content (AvgIpc) is 3.11. The van der Waals surface area contributed by atoms with E-state index in [0.717, 1.165) is 9.36 Å². The molecule has 1 amide bonds. The van der Waals surface area contributed by atoms with Crippen LogP contribution in [0.25, 0.3) is 21.8 Å². The maximum Gasteiger partial charge on any atom is 0.407 e. The van der Waals surface area contributed by atoms with Gasteiger partial charge in [-0.1, -0.05) is 48.5 Å². The molecule has 8 nitrogen and oxygen atoms in total. The quantitative estimate of drug-likeness (QED) is 0.514. The van der Waals surface area contributed by atoms with E-state index in [-0.39, 0.29) is 10.9 Å². The first kappa shape index (κ1) is 20.3. The largest absolute Gasteiger partial charge is 0.465 e. The molecular weight excluding hydrogens is 430 g/mol. The molecule has 1 aliphatic rings. The molecule has 0 unspecified atom stereocenters. The molecule has 164 valence electrons. The molecule has 1 saturated heterocycles. The van der Waals surface area contributed by atoms with Gasteiger partial charge in [0.1, 0.15) is 0 Å². The van der Waals surface area contributed by atoms with E-state index in [1.54, 1.807) is 42.5 Å². The molecule has 0 aliphatic carbocycles. The number of amides is 1. The predicted molar refractivity (Wildman–Crippen MR) is 121 cm³/mol. The highest BCUT2D eigenvalue weighted by Gasteiger charge is 2.31. The van der Waals surface area contributed by atoms with E-state index in [4.69, 9.17) is 0 Å². The number of hydrogen-bond acceptors (Lipinski definition) is 4. The number of nitrogens with zero attached hydrogens (tertiary/aromatic N) is 3. The molecular formula is C23H21N3O5S. The van der Waals surface area contributed by atoms with Crippen LogP contribution in [0.2, 0.25) is 0 Å². The maximum absolute atomic E-state index is 13.8. The number of piperidine rings is 1. The molecule has 1 N–H and O–H groups in total. The van der Waals surface area contributed by atoms with E-state index in [0.29, 0.717) is 42.4 Å². The minimum absolute atomic E-state index is 0.0706. The Morgan fingerprint density at radius 1 is 0.875 bits per heavy atom. The topological polar surface area (TPSA) is 102 Å². The zero-order valence-corrected chi connectivity index (χ0v) is 17.9. The smallest absolute Gasteiger partial charge is 0.407 e. The van der Waals surface area contributed by atoms with Crippen LogP contribution in [0.4, 0.5) is 4.79 Å². The van der Waals surface area contributed by atoms with Gasteiger partial charge in [-0.15, -0.1) is 0 Å². The first-order valence-electron chi connectivity index (χ1n) is 10.3. The van der Waals surface area contributed by atoms with Gasteiger partial charge in [-0.05, 0) is 36.4 Å². The molecule has 0 radical (unpaired) electrons. The van der Waals surface area contributed by atoms with Gasteiger partial charge in [0, 0.05) is 24.5 Å². The normalized spacial score (nSPS) is 15.4. The molecule has 0 spiro atoms. The van der Waals surface area contributed by atoms with E-state index in [2.05, 4.69) is 0 Å². The summed E-state index contributed by atoms with van der Waals surface area (Å²) in [5, 5.41) is 10.5. The number of rotatable bonds is 3. The summed E-state index contributed by atoms with van der Waals surface area (Å²) < 4.78 is 30.0. The number of hydrogen-bond donors (Lipinski definition) is 1. The zero-order chi connectivity index (χ0) is 22.5. The van der Waals surface area contributed by atoms with Crippen LogP contribution in [0.1, 0.15) is 18.9 Å². The minimum atomic E-state index is -4.19. The molecule has 3 aromatic carbocycles. The Kier molecular flexibility index (Phi) is 4.78. The van der Waals surface area contributed by atoms with Crippen molar-refractivity contribution in [3.05, 3.63) is 77.2 Å². The number of imidazole rings is 1.